The van der Waals surface area contributed by atoms with Crippen LogP contribution in [0.5, 0.6) is 0 Å². The van der Waals surface area contributed by atoms with Gasteiger partial charge in [0.2, 0.25) is 5.82 Å². The maximum atomic E-state index is 13.6. The van der Waals surface area contributed by atoms with E-state index in [4.69, 9.17) is 0 Å². The predicted molar refractivity (Wildman–Crippen MR) is 97.9 cm³/mol. The van der Waals surface area contributed by atoms with E-state index in [2.05, 4.69) is 9.97 Å². The number of aromatic nitrogens is 2. The van der Waals surface area contributed by atoms with Gasteiger partial charge in [-0.3, -0.25) is 4.79 Å². The molecule has 0 atom stereocenters. The first-order valence-corrected chi connectivity index (χ1v) is 10.5. The number of hydrogen-bond donors (Lipinski definition) is 0. The van der Waals surface area contributed by atoms with Crippen LogP contribution in [0.2, 0.25) is 0 Å². The summed E-state index contributed by atoms with van der Waals surface area (Å²) in [5.41, 5.74) is -1.97. The number of alkyl halides is 6. The van der Waals surface area contributed by atoms with Crippen LogP contribution < -0.4 is 0 Å². The van der Waals surface area contributed by atoms with E-state index >= 15 is 0 Å². The molecule has 0 saturated heterocycles. The molecule has 0 amide bonds. The lowest BCUT2D eigenvalue weighted by Crippen LogP contribution is -2.32. The van der Waals surface area contributed by atoms with Crippen LogP contribution in [0.25, 0.3) is 0 Å². The number of benzene rings is 1. The number of carbonyl (C=O) groups is 1. The average molecular weight is 486 g/mol. The van der Waals surface area contributed by atoms with Crippen molar-refractivity contribution in [3.05, 3.63) is 53.4 Å². The molecule has 0 bridgehead atoms. The quantitative estimate of drug-likeness (QED) is 0.394. The summed E-state index contributed by atoms with van der Waals surface area (Å²) in [5.74, 6) is -3.68. The fourth-order valence-electron chi connectivity index (χ4n) is 2.79. The van der Waals surface area contributed by atoms with Crippen LogP contribution in [0.3, 0.4) is 0 Å². The highest BCUT2D eigenvalue weighted by Crippen LogP contribution is 2.35. The summed E-state index contributed by atoms with van der Waals surface area (Å²) in [7, 11) is -4.46. The molecule has 0 aliphatic rings. The van der Waals surface area contributed by atoms with Gasteiger partial charge in [0.25, 0.3) is 0 Å². The number of carbonyl (C=O) groups excluding carboxylic acids is 1. The van der Waals surface area contributed by atoms with Gasteiger partial charge >= 0.3 is 12.4 Å². The van der Waals surface area contributed by atoms with E-state index in [9.17, 15) is 43.9 Å². The molecule has 2 aromatic rings. The molecule has 0 saturated carbocycles. The molecule has 5 nitrogen and oxygen atoms in total. The number of Topliss-reactive ketones (excluding diaryl/α,β-unsaturated/α-hetero) is 1. The second-order valence-electron chi connectivity index (χ2n) is 7.48. The third-order valence-corrected chi connectivity index (χ3v) is 7.13. The topological polar surface area (TPSA) is 77.0 Å². The minimum Gasteiger partial charge on any atom is -0.292 e. The van der Waals surface area contributed by atoms with Crippen molar-refractivity contribution >= 4 is 15.6 Å². The molecule has 0 unspecified atom stereocenters. The summed E-state index contributed by atoms with van der Waals surface area (Å²) in [5, 5.41) is 0. The first kappa shape index (κ1) is 25.7. The first-order valence-electron chi connectivity index (χ1n) is 9.01. The smallest absolute Gasteiger partial charge is 0.292 e. The lowest BCUT2D eigenvalue weighted by atomic mass is 10.0. The molecule has 2 rings (SSSR count). The molecule has 0 aliphatic heterocycles. The average Bonchev–Trinajstić information content (AvgIpc) is 2.66. The van der Waals surface area contributed by atoms with Crippen molar-refractivity contribution in [2.75, 3.05) is 0 Å². The van der Waals surface area contributed by atoms with Crippen LogP contribution in [0.4, 0.5) is 30.7 Å². The Hall–Kier alpha value is -2.57. The molecule has 1 heterocycles. The number of rotatable bonds is 7. The molecule has 13 heteroatoms. The second kappa shape index (κ2) is 8.75. The van der Waals surface area contributed by atoms with Gasteiger partial charge in [0.15, 0.2) is 15.6 Å². The van der Waals surface area contributed by atoms with Gasteiger partial charge in [0.1, 0.15) is 11.5 Å². The van der Waals surface area contributed by atoms with Crippen molar-refractivity contribution in [1.29, 1.82) is 0 Å². The maximum Gasteiger partial charge on any atom is 0.451 e. The molecule has 32 heavy (non-hydrogen) atoms. The van der Waals surface area contributed by atoms with E-state index in [0.29, 0.717) is 12.1 Å². The van der Waals surface area contributed by atoms with E-state index in [1.165, 1.54) is 13.8 Å². The van der Waals surface area contributed by atoms with Crippen LogP contribution in [0.1, 0.15) is 55.0 Å². The first-order chi connectivity index (χ1) is 14.4. The Bertz CT molecular complexity index is 1110. The highest BCUT2D eigenvalue weighted by molar-refractivity contribution is 7.92. The summed E-state index contributed by atoms with van der Waals surface area (Å²) in [4.78, 5) is 17.5. The zero-order chi connectivity index (χ0) is 24.5. The minimum atomic E-state index is -4.96. The summed E-state index contributed by atoms with van der Waals surface area (Å²) in [6.45, 7) is 2.38. The monoisotopic (exact) mass is 486 g/mol. The van der Waals surface area contributed by atoms with Crippen molar-refractivity contribution < 1.29 is 43.9 Å². The number of halogens is 7. The Morgan fingerprint density at radius 2 is 1.62 bits per heavy atom. The van der Waals surface area contributed by atoms with Crippen molar-refractivity contribution in [2.24, 2.45) is 0 Å². The molecule has 0 aliphatic carbocycles. The van der Waals surface area contributed by atoms with Gasteiger partial charge in [-0.05, 0) is 51.0 Å². The predicted octanol–water partition coefficient (Wildman–Crippen LogP) is 5.26. The summed E-state index contributed by atoms with van der Waals surface area (Å²) in [6.07, 6.45) is -9.79. The minimum absolute atomic E-state index is 0.127. The second-order valence-corrected chi connectivity index (χ2v) is 10.1. The highest BCUT2D eigenvalue weighted by atomic mass is 32.2. The van der Waals surface area contributed by atoms with Crippen LogP contribution in [-0.2, 0) is 22.2 Å². The fourth-order valence-corrected chi connectivity index (χ4v) is 4.39. The van der Waals surface area contributed by atoms with Crippen LogP contribution in [0, 0.1) is 5.82 Å². The number of ketones is 1. The zero-order valence-electron chi connectivity index (χ0n) is 16.7. The standard InChI is InChI=1S/C19H17F7N2O3S/c1-17(2,32(30,31)13-9-11(18(21,22)23)8-12(20)10-13)6-3-4-15(29)14-5-7-27-16(28-14)19(24,25)26/h5,7-10H,3-4,6H2,1-2H3. The van der Waals surface area contributed by atoms with E-state index in [-0.39, 0.29) is 25.3 Å². The molecule has 0 spiro atoms. The molecule has 0 radical (unpaired) electrons. The third kappa shape index (κ3) is 5.81. The van der Waals surface area contributed by atoms with Crippen LogP contribution >= 0.6 is 0 Å². The van der Waals surface area contributed by atoms with E-state index in [1.807, 2.05) is 0 Å². The van der Waals surface area contributed by atoms with Crippen LogP contribution in [0.15, 0.2) is 35.4 Å². The van der Waals surface area contributed by atoms with Crippen molar-refractivity contribution in [3.63, 3.8) is 0 Å². The number of nitrogens with zero attached hydrogens (tertiary/aromatic N) is 2. The van der Waals surface area contributed by atoms with E-state index < -0.39 is 60.5 Å². The van der Waals surface area contributed by atoms with E-state index in [1.54, 1.807) is 0 Å². The summed E-state index contributed by atoms with van der Waals surface area (Å²) < 4.78 is 114. The summed E-state index contributed by atoms with van der Waals surface area (Å²) >= 11 is 0. The molecule has 1 aromatic carbocycles. The van der Waals surface area contributed by atoms with Gasteiger partial charge in [-0.25, -0.2) is 22.8 Å². The SMILES string of the molecule is CC(C)(CCCC(=O)c1ccnc(C(F)(F)F)n1)S(=O)(=O)c1cc(F)cc(C(F)(F)F)c1. The van der Waals surface area contributed by atoms with Crippen molar-refractivity contribution in [3.8, 4) is 0 Å². The third-order valence-electron chi connectivity index (χ3n) is 4.61. The van der Waals surface area contributed by atoms with Gasteiger partial charge in [0, 0.05) is 12.6 Å². The molecule has 176 valence electrons. The van der Waals surface area contributed by atoms with Gasteiger partial charge in [-0.15, -0.1) is 0 Å². The molecule has 0 fully saturated rings. The van der Waals surface area contributed by atoms with Gasteiger partial charge in [-0.2, -0.15) is 26.3 Å². The summed E-state index contributed by atoms with van der Waals surface area (Å²) in [6, 6.07) is 1.94. The maximum absolute atomic E-state index is 13.6. The van der Waals surface area contributed by atoms with Crippen molar-refractivity contribution in [1.82, 2.24) is 9.97 Å². The normalized spacial score (nSPS) is 13.3. The van der Waals surface area contributed by atoms with Gasteiger partial charge in [0.05, 0.1) is 15.2 Å². The Kier molecular flexibility index (Phi) is 7.03. The van der Waals surface area contributed by atoms with Gasteiger partial charge in [-0.1, -0.05) is 0 Å². The molecular weight excluding hydrogens is 469 g/mol. The Morgan fingerprint density at radius 3 is 2.19 bits per heavy atom. The largest absolute Gasteiger partial charge is 0.451 e. The zero-order valence-corrected chi connectivity index (χ0v) is 17.5. The lowest BCUT2D eigenvalue weighted by Gasteiger charge is -2.25. The Morgan fingerprint density at radius 1 is 1.00 bits per heavy atom. The number of sulfone groups is 1. The molecule has 0 N–H and O–H groups in total. The lowest BCUT2D eigenvalue weighted by molar-refractivity contribution is -0.145. The Balaban J connectivity index is 2.17. The Labute approximate surface area is 178 Å². The molecule has 1 aromatic heterocycles. The molecular formula is C19H17F7N2O3S. The van der Waals surface area contributed by atoms with Crippen LogP contribution in [-0.4, -0.2) is 28.9 Å². The fraction of sp³-hybridized carbons (Fsp3) is 0.421. The highest BCUT2D eigenvalue weighted by Gasteiger charge is 2.39. The number of hydrogen-bond acceptors (Lipinski definition) is 5. The van der Waals surface area contributed by atoms with Gasteiger partial charge < -0.3 is 0 Å². The van der Waals surface area contributed by atoms with E-state index in [0.717, 1.165) is 12.3 Å². The van der Waals surface area contributed by atoms with Crippen molar-refractivity contribution in [2.45, 2.75) is 55.1 Å².